The van der Waals surface area contributed by atoms with E-state index in [1.165, 1.54) is 5.56 Å². The fraction of sp³-hybridized carbons (Fsp3) is 0.533. The first-order valence-electron chi connectivity index (χ1n) is 6.73. The summed E-state index contributed by atoms with van der Waals surface area (Å²) < 4.78 is 5.47. The Balaban J connectivity index is 1.94. The van der Waals surface area contributed by atoms with Crippen LogP contribution >= 0.6 is 0 Å². The lowest BCUT2D eigenvalue weighted by Crippen LogP contribution is -2.32. The second-order valence-corrected chi connectivity index (χ2v) is 4.98. The van der Waals surface area contributed by atoms with E-state index < -0.39 is 0 Å². The molecule has 2 unspecified atom stereocenters. The number of carbonyl (C=O) groups is 1. The predicted octanol–water partition coefficient (Wildman–Crippen LogP) is 3.00. The minimum Gasteiger partial charge on any atom is -0.462 e. The number of rotatable bonds is 4. The molecule has 1 heterocycles. The largest absolute Gasteiger partial charge is 0.462 e. The van der Waals surface area contributed by atoms with Gasteiger partial charge in [0.15, 0.2) is 0 Å². The molecular weight excluding hydrogens is 226 g/mol. The first kappa shape index (κ1) is 12.9. The van der Waals surface area contributed by atoms with Gasteiger partial charge in [0.1, 0.15) is 0 Å². The van der Waals surface area contributed by atoms with Gasteiger partial charge in [0.05, 0.1) is 12.0 Å². The molecule has 0 saturated carbocycles. The molecule has 0 aliphatic carbocycles. The van der Waals surface area contributed by atoms with Crippen molar-refractivity contribution >= 4 is 11.7 Å². The van der Waals surface area contributed by atoms with Crippen LogP contribution in [0.25, 0.3) is 0 Å². The van der Waals surface area contributed by atoms with Gasteiger partial charge in [-0.25, -0.2) is 0 Å². The first-order chi connectivity index (χ1) is 8.70. The van der Waals surface area contributed by atoms with Gasteiger partial charge in [-0.05, 0) is 31.4 Å². The molecule has 1 N–H and O–H groups in total. The van der Waals surface area contributed by atoms with Gasteiger partial charge in [-0.3, -0.25) is 4.79 Å². The lowest BCUT2D eigenvalue weighted by atomic mass is 9.94. The molecule has 1 aliphatic heterocycles. The summed E-state index contributed by atoms with van der Waals surface area (Å²) >= 11 is 0. The van der Waals surface area contributed by atoms with E-state index in [1.807, 2.05) is 19.1 Å². The lowest BCUT2D eigenvalue weighted by molar-refractivity contribution is -0.153. The Bertz CT molecular complexity index is 417. The Hall–Kier alpha value is -1.51. The zero-order chi connectivity index (χ0) is 13.0. The highest BCUT2D eigenvalue weighted by Gasteiger charge is 2.26. The van der Waals surface area contributed by atoms with Crippen molar-refractivity contribution < 1.29 is 9.53 Å². The van der Waals surface area contributed by atoms with Gasteiger partial charge >= 0.3 is 5.97 Å². The van der Waals surface area contributed by atoms with Crippen molar-refractivity contribution in [1.82, 2.24) is 0 Å². The van der Waals surface area contributed by atoms with Crippen molar-refractivity contribution in [2.75, 3.05) is 11.9 Å². The third-order valence-electron chi connectivity index (χ3n) is 3.37. The number of ether oxygens (including phenoxy) is 1. The molecule has 1 aliphatic rings. The molecule has 98 valence electrons. The molecule has 0 fully saturated rings. The van der Waals surface area contributed by atoms with Crippen LogP contribution in [0.15, 0.2) is 24.3 Å². The summed E-state index contributed by atoms with van der Waals surface area (Å²) in [5, 5.41) is 3.30. The molecule has 0 bridgehead atoms. The zero-order valence-electron chi connectivity index (χ0n) is 11.1. The Morgan fingerprint density at radius 3 is 3.06 bits per heavy atom. The monoisotopic (exact) mass is 247 g/mol. The zero-order valence-corrected chi connectivity index (χ0v) is 11.1. The highest BCUT2D eigenvalue weighted by molar-refractivity contribution is 5.75. The normalized spacial score (nSPS) is 19.6. The lowest BCUT2D eigenvalue weighted by Gasteiger charge is -2.26. The Morgan fingerprint density at radius 1 is 1.50 bits per heavy atom. The molecule has 2 rings (SSSR count). The third kappa shape index (κ3) is 3.03. The number of anilines is 1. The fourth-order valence-corrected chi connectivity index (χ4v) is 2.37. The SMILES string of the molecule is CCCC(C)OC(=O)C1CNc2ccccc2C1. The maximum atomic E-state index is 12.0. The smallest absolute Gasteiger partial charge is 0.311 e. The topological polar surface area (TPSA) is 38.3 Å². The molecule has 0 amide bonds. The Labute approximate surface area is 109 Å². The maximum Gasteiger partial charge on any atom is 0.311 e. The van der Waals surface area contributed by atoms with Gasteiger partial charge in [0.25, 0.3) is 0 Å². The molecular formula is C15H21NO2. The number of fused-ring (bicyclic) bond motifs is 1. The molecule has 3 nitrogen and oxygen atoms in total. The highest BCUT2D eigenvalue weighted by Crippen LogP contribution is 2.25. The number of benzene rings is 1. The number of hydrogen-bond acceptors (Lipinski definition) is 3. The Kier molecular flexibility index (Phi) is 4.24. The maximum absolute atomic E-state index is 12.0. The van der Waals surface area contributed by atoms with E-state index >= 15 is 0 Å². The number of carbonyl (C=O) groups excluding carboxylic acids is 1. The number of esters is 1. The number of hydrogen-bond donors (Lipinski definition) is 1. The molecule has 0 spiro atoms. The van der Waals surface area contributed by atoms with Crippen LogP contribution in [0.1, 0.15) is 32.3 Å². The van der Waals surface area contributed by atoms with Crippen LogP contribution in [-0.4, -0.2) is 18.6 Å². The van der Waals surface area contributed by atoms with E-state index in [9.17, 15) is 4.79 Å². The van der Waals surface area contributed by atoms with E-state index in [4.69, 9.17) is 4.74 Å². The molecule has 18 heavy (non-hydrogen) atoms. The van der Waals surface area contributed by atoms with Crippen molar-refractivity contribution in [2.24, 2.45) is 5.92 Å². The average Bonchev–Trinajstić information content (AvgIpc) is 2.38. The van der Waals surface area contributed by atoms with Crippen LogP contribution < -0.4 is 5.32 Å². The number of nitrogens with one attached hydrogen (secondary N) is 1. The van der Waals surface area contributed by atoms with Gasteiger partial charge in [-0.2, -0.15) is 0 Å². The third-order valence-corrected chi connectivity index (χ3v) is 3.37. The minimum atomic E-state index is -0.0713. The van der Waals surface area contributed by atoms with Gasteiger partial charge in [0.2, 0.25) is 0 Å². The summed E-state index contributed by atoms with van der Waals surface area (Å²) in [6.45, 7) is 4.74. The number of para-hydroxylation sites is 1. The van der Waals surface area contributed by atoms with Gasteiger partial charge < -0.3 is 10.1 Å². The molecule has 1 aromatic carbocycles. The minimum absolute atomic E-state index is 0.0275. The average molecular weight is 247 g/mol. The molecule has 0 saturated heterocycles. The molecule has 0 aromatic heterocycles. The summed E-state index contributed by atoms with van der Waals surface area (Å²) in [4.78, 5) is 12.0. The van der Waals surface area contributed by atoms with E-state index in [1.54, 1.807) is 0 Å². The van der Waals surface area contributed by atoms with Crippen LogP contribution in [0.2, 0.25) is 0 Å². The van der Waals surface area contributed by atoms with E-state index in [0.717, 1.165) is 24.9 Å². The molecule has 1 aromatic rings. The summed E-state index contributed by atoms with van der Waals surface area (Å²) in [7, 11) is 0. The van der Waals surface area contributed by atoms with Crippen molar-refractivity contribution in [1.29, 1.82) is 0 Å². The van der Waals surface area contributed by atoms with Crippen molar-refractivity contribution in [3.05, 3.63) is 29.8 Å². The predicted molar refractivity (Wildman–Crippen MR) is 72.6 cm³/mol. The van der Waals surface area contributed by atoms with E-state index in [2.05, 4.69) is 24.4 Å². The van der Waals surface area contributed by atoms with Gasteiger partial charge in [-0.15, -0.1) is 0 Å². The van der Waals surface area contributed by atoms with Crippen LogP contribution in [-0.2, 0) is 16.0 Å². The second-order valence-electron chi connectivity index (χ2n) is 4.98. The van der Waals surface area contributed by atoms with Crippen LogP contribution in [0.4, 0.5) is 5.69 Å². The Morgan fingerprint density at radius 2 is 2.28 bits per heavy atom. The van der Waals surface area contributed by atoms with E-state index in [-0.39, 0.29) is 18.0 Å². The van der Waals surface area contributed by atoms with Crippen molar-refractivity contribution in [3.8, 4) is 0 Å². The molecule has 3 heteroatoms. The summed E-state index contributed by atoms with van der Waals surface area (Å²) in [6, 6.07) is 8.13. The summed E-state index contributed by atoms with van der Waals surface area (Å²) in [5.74, 6) is -0.128. The second kappa shape index (κ2) is 5.89. The quantitative estimate of drug-likeness (QED) is 0.831. The standard InChI is InChI=1S/C15H21NO2/c1-3-6-11(2)18-15(17)13-9-12-7-4-5-8-14(12)16-10-13/h4-5,7-8,11,13,16H,3,6,9-10H2,1-2H3. The highest BCUT2D eigenvalue weighted by atomic mass is 16.5. The van der Waals surface area contributed by atoms with Gasteiger partial charge in [-0.1, -0.05) is 31.5 Å². The summed E-state index contributed by atoms with van der Waals surface area (Å²) in [5.41, 5.74) is 2.34. The van der Waals surface area contributed by atoms with Crippen LogP contribution in [0.3, 0.4) is 0 Å². The van der Waals surface area contributed by atoms with Crippen LogP contribution in [0, 0.1) is 5.92 Å². The van der Waals surface area contributed by atoms with Crippen LogP contribution in [0.5, 0.6) is 0 Å². The van der Waals surface area contributed by atoms with Crippen molar-refractivity contribution in [3.63, 3.8) is 0 Å². The molecule has 2 atom stereocenters. The van der Waals surface area contributed by atoms with Crippen molar-refractivity contribution in [2.45, 2.75) is 39.2 Å². The van der Waals surface area contributed by atoms with E-state index in [0.29, 0.717) is 6.54 Å². The van der Waals surface area contributed by atoms with Gasteiger partial charge in [0, 0.05) is 12.2 Å². The first-order valence-corrected chi connectivity index (χ1v) is 6.73. The molecule has 0 radical (unpaired) electrons. The summed E-state index contributed by atoms with van der Waals surface area (Å²) in [6.07, 6.45) is 2.78. The fourth-order valence-electron chi connectivity index (χ4n) is 2.37.